The summed E-state index contributed by atoms with van der Waals surface area (Å²) in [6, 6.07) is 10.1. The van der Waals surface area contributed by atoms with Crippen LogP contribution in [0.25, 0.3) is 0 Å². The van der Waals surface area contributed by atoms with E-state index in [0.29, 0.717) is 24.5 Å². The molecule has 0 aliphatic rings. The van der Waals surface area contributed by atoms with Crippen LogP contribution in [-0.4, -0.2) is 43.5 Å². The summed E-state index contributed by atoms with van der Waals surface area (Å²) in [6.45, 7) is 4.95. The zero-order valence-electron chi connectivity index (χ0n) is 15.7. The summed E-state index contributed by atoms with van der Waals surface area (Å²) in [5.74, 6) is 0.209. The third-order valence-corrected chi connectivity index (χ3v) is 3.84. The number of carbonyl (C=O) groups is 2. The predicted octanol–water partition coefficient (Wildman–Crippen LogP) is 2.78. The first-order valence-corrected chi connectivity index (χ1v) is 8.32. The lowest BCUT2D eigenvalue weighted by Gasteiger charge is -2.29. The number of hydrogen-bond acceptors (Lipinski definition) is 5. The van der Waals surface area contributed by atoms with E-state index in [1.807, 2.05) is 13.8 Å². The molecule has 1 aromatic heterocycles. The van der Waals surface area contributed by atoms with Crippen LogP contribution in [0, 0.1) is 5.41 Å². The molecule has 0 aliphatic carbocycles. The molecule has 0 spiro atoms. The SMILES string of the molecule is CN(CC(C)(C)CN)C(=O)COc1cccc(NC(=O)c2ccco2)c1.Cl. The maximum Gasteiger partial charge on any atom is 0.291 e. The number of carbonyl (C=O) groups excluding carboxylic acids is 2. The molecule has 148 valence electrons. The molecule has 0 radical (unpaired) electrons. The van der Waals surface area contributed by atoms with Crippen LogP contribution in [-0.2, 0) is 4.79 Å². The Bertz CT molecular complexity index is 747. The summed E-state index contributed by atoms with van der Waals surface area (Å²) in [5, 5.41) is 2.71. The Morgan fingerprint density at radius 2 is 2.00 bits per heavy atom. The van der Waals surface area contributed by atoms with Crippen molar-refractivity contribution >= 4 is 29.9 Å². The topological polar surface area (TPSA) is 97.8 Å². The lowest BCUT2D eigenvalue weighted by molar-refractivity contribution is -0.133. The Kier molecular flexibility index (Phi) is 8.33. The maximum atomic E-state index is 12.2. The lowest BCUT2D eigenvalue weighted by atomic mass is 9.93. The quantitative estimate of drug-likeness (QED) is 0.716. The molecule has 0 saturated heterocycles. The second kappa shape index (κ2) is 9.99. The van der Waals surface area contributed by atoms with Gasteiger partial charge in [0.25, 0.3) is 11.8 Å². The highest BCUT2D eigenvalue weighted by atomic mass is 35.5. The molecule has 3 N–H and O–H groups in total. The first-order valence-electron chi connectivity index (χ1n) is 8.32. The minimum Gasteiger partial charge on any atom is -0.484 e. The second-order valence-electron chi connectivity index (χ2n) is 6.87. The smallest absolute Gasteiger partial charge is 0.291 e. The second-order valence-corrected chi connectivity index (χ2v) is 6.87. The highest BCUT2D eigenvalue weighted by molar-refractivity contribution is 6.02. The Balaban J connectivity index is 0.00000364. The van der Waals surface area contributed by atoms with Crippen LogP contribution >= 0.6 is 12.4 Å². The van der Waals surface area contributed by atoms with Crippen molar-refractivity contribution in [3.63, 3.8) is 0 Å². The molecular formula is C19H26ClN3O4. The fraction of sp³-hybridized carbons (Fsp3) is 0.368. The first-order chi connectivity index (χ1) is 12.3. The molecule has 0 unspecified atom stereocenters. The van der Waals surface area contributed by atoms with E-state index < -0.39 is 0 Å². The number of nitrogens with one attached hydrogen (secondary N) is 1. The normalized spacial score (nSPS) is 10.7. The van der Waals surface area contributed by atoms with E-state index in [1.165, 1.54) is 6.26 Å². The third-order valence-electron chi connectivity index (χ3n) is 3.84. The van der Waals surface area contributed by atoms with E-state index in [2.05, 4.69) is 5.32 Å². The number of benzene rings is 1. The van der Waals surface area contributed by atoms with Gasteiger partial charge in [0.05, 0.1) is 6.26 Å². The van der Waals surface area contributed by atoms with Gasteiger partial charge in [-0.05, 0) is 36.2 Å². The van der Waals surface area contributed by atoms with Crippen molar-refractivity contribution in [1.29, 1.82) is 0 Å². The number of furan rings is 1. The minimum atomic E-state index is -0.355. The van der Waals surface area contributed by atoms with Crippen LogP contribution in [0.3, 0.4) is 0 Å². The molecule has 0 fully saturated rings. The molecule has 0 aliphatic heterocycles. The van der Waals surface area contributed by atoms with Crippen molar-refractivity contribution in [2.24, 2.45) is 11.1 Å². The molecule has 1 heterocycles. The third kappa shape index (κ3) is 6.96. The highest BCUT2D eigenvalue weighted by Crippen LogP contribution is 2.19. The summed E-state index contributed by atoms with van der Waals surface area (Å²) < 4.78 is 10.6. The fourth-order valence-corrected chi connectivity index (χ4v) is 2.31. The van der Waals surface area contributed by atoms with Crippen LogP contribution in [0.15, 0.2) is 47.1 Å². The Hall–Kier alpha value is -2.51. The van der Waals surface area contributed by atoms with Crippen molar-refractivity contribution < 1.29 is 18.7 Å². The first kappa shape index (κ1) is 22.5. The summed E-state index contributed by atoms with van der Waals surface area (Å²) in [4.78, 5) is 25.8. The molecule has 2 amide bonds. The lowest BCUT2D eigenvalue weighted by Crippen LogP contribution is -2.41. The predicted molar refractivity (Wildman–Crippen MR) is 106 cm³/mol. The van der Waals surface area contributed by atoms with E-state index in [-0.39, 0.29) is 42.0 Å². The number of ether oxygens (including phenoxy) is 1. The summed E-state index contributed by atoms with van der Waals surface area (Å²) in [6.07, 6.45) is 1.43. The van der Waals surface area contributed by atoms with Crippen LogP contribution in [0.1, 0.15) is 24.4 Å². The van der Waals surface area contributed by atoms with Gasteiger partial charge in [-0.3, -0.25) is 9.59 Å². The van der Waals surface area contributed by atoms with Crippen molar-refractivity contribution in [3.05, 3.63) is 48.4 Å². The number of likely N-dealkylation sites (N-methyl/N-ethyl adjacent to an activating group) is 1. The van der Waals surface area contributed by atoms with Crippen molar-refractivity contribution in [1.82, 2.24) is 4.90 Å². The molecule has 1 aromatic carbocycles. The average molecular weight is 396 g/mol. The summed E-state index contributed by atoms with van der Waals surface area (Å²) >= 11 is 0. The zero-order valence-corrected chi connectivity index (χ0v) is 16.5. The largest absolute Gasteiger partial charge is 0.484 e. The standard InChI is InChI=1S/C19H25N3O4.ClH/c1-19(2,12-20)13-22(3)17(23)11-26-15-7-4-6-14(10-15)21-18(24)16-8-5-9-25-16;/h4-10H,11-13,20H2,1-3H3,(H,21,24);1H. The van der Waals surface area contributed by atoms with E-state index in [9.17, 15) is 9.59 Å². The van der Waals surface area contributed by atoms with Gasteiger partial charge in [0, 0.05) is 25.3 Å². The molecule has 0 saturated carbocycles. The summed E-state index contributed by atoms with van der Waals surface area (Å²) in [7, 11) is 1.73. The van der Waals surface area contributed by atoms with Crippen LogP contribution < -0.4 is 15.8 Å². The van der Waals surface area contributed by atoms with E-state index in [4.69, 9.17) is 14.9 Å². The number of nitrogens with zero attached hydrogens (tertiary/aromatic N) is 1. The molecule has 7 nitrogen and oxygen atoms in total. The molecule has 2 rings (SSSR count). The Morgan fingerprint density at radius 1 is 1.26 bits per heavy atom. The molecule has 2 aromatic rings. The molecule has 8 heteroatoms. The van der Waals surface area contributed by atoms with Gasteiger partial charge in [0.1, 0.15) is 5.75 Å². The van der Waals surface area contributed by atoms with Gasteiger partial charge < -0.3 is 25.1 Å². The van der Waals surface area contributed by atoms with Crippen molar-refractivity contribution in [3.8, 4) is 5.75 Å². The number of amides is 2. The zero-order chi connectivity index (χ0) is 19.2. The van der Waals surface area contributed by atoms with Gasteiger partial charge in [0.2, 0.25) is 0 Å². The van der Waals surface area contributed by atoms with E-state index in [0.717, 1.165) is 0 Å². The number of hydrogen-bond donors (Lipinski definition) is 2. The number of halogens is 1. The van der Waals surface area contributed by atoms with Gasteiger partial charge in [-0.15, -0.1) is 12.4 Å². The number of anilines is 1. The average Bonchev–Trinajstić information content (AvgIpc) is 3.14. The number of rotatable bonds is 8. The van der Waals surface area contributed by atoms with Gasteiger partial charge in [-0.2, -0.15) is 0 Å². The van der Waals surface area contributed by atoms with Crippen LogP contribution in [0.4, 0.5) is 5.69 Å². The Morgan fingerprint density at radius 3 is 2.63 bits per heavy atom. The van der Waals surface area contributed by atoms with E-state index >= 15 is 0 Å². The summed E-state index contributed by atoms with van der Waals surface area (Å²) in [5.41, 5.74) is 6.10. The minimum absolute atomic E-state index is 0. The molecule has 27 heavy (non-hydrogen) atoms. The fourth-order valence-electron chi connectivity index (χ4n) is 2.31. The van der Waals surface area contributed by atoms with Gasteiger partial charge in [-0.1, -0.05) is 19.9 Å². The molecular weight excluding hydrogens is 370 g/mol. The maximum absolute atomic E-state index is 12.2. The van der Waals surface area contributed by atoms with Crippen LogP contribution in [0.2, 0.25) is 0 Å². The Labute approximate surface area is 165 Å². The van der Waals surface area contributed by atoms with Gasteiger partial charge >= 0.3 is 0 Å². The molecule has 0 bridgehead atoms. The van der Waals surface area contributed by atoms with Gasteiger partial charge in [0.15, 0.2) is 12.4 Å². The van der Waals surface area contributed by atoms with Crippen molar-refractivity contribution in [2.75, 3.05) is 32.1 Å². The van der Waals surface area contributed by atoms with Crippen molar-refractivity contribution in [2.45, 2.75) is 13.8 Å². The van der Waals surface area contributed by atoms with E-state index in [1.54, 1.807) is 48.3 Å². The number of nitrogens with two attached hydrogens (primary N) is 1. The van der Waals surface area contributed by atoms with Gasteiger partial charge in [-0.25, -0.2) is 0 Å². The monoisotopic (exact) mass is 395 g/mol. The highest BCUT2D eigenvalue weighted by Gasteiger charge is 2.21. The van der Waals surface area contributed by atoms with Crippen LogP contribution in [0.5, 0.6) is 5.75 Å². The molecule has 0 atom stereocenters.